The Hall–Kier alpha value is -1.47. The van der Waals surface area contributed by atoms with Gasteiger partial charge in [0.1, 0.15) is 6.10 Å². The first-order valence-corrected chi connectivity index (χ1v) is 15.9. The van der Waals surface area contributed by atoms with Gasteiger partial charge in [-0.25, -0.2) is 8.42 Å². The number of epoxide rings is 1. The summed E-state index contributed by atoms with van der Waals surface area (Å²) in [5.74, 6) is 0. The Morgan fingerprint density at radius 3 is 1.82 bits per heavy atom. The Morgan fingerprint density at radius 1 is 0.879 bits per heavy atom. The fourth-order valence-electron chi connectivity index (χ4n) is 5.74. The quantitative estimate of drug-likeness (QED) is 0.246. The first-order valence-electron chi connectivity index (χ1n) is 12.3. The Balaban J connectivity index is 2.18. The summed E-state index contributed by atoms with van der Waals surface area (Å²) in [7, 11) is -6.17. The van der Waals surface area contributed by atoms with Crippen molar-refractivity contribution >= 4 is 18.2 Å². The maximum Gasteiger partial charge on any atom is 0.229 e. The molecule has 0 spiro atoms. The van der Waals surface area contributed by atoms with Crippen molar-refractivity contribution in [2.24, 2.45) is 0 Å². The van der Waals surface area contributed by atoms with Gasteiger partial charge < -0.3 is 9.16 Å². The van der Waals surface area contributed by atoms with E-state index in [1.807, 2.05) is 36.4 Å². The van der Waals surface area contributed by atoms with Crippen LogP contribution in [0.5, 0.6) is 0 Å². The number of hydrogen-bond donors (Lipinski definition) is 0. The van der Waals surface area contributed by atoms with Gasteiger partial charge in [-0.3, -0.25) is 0 Å². The van der Waals surface area contributed by atoms with Gasteiger partial charge in [0.05, 0.1) is 11.0 Å². The van der Waals surface area contributed by atoms with Crippen LogP contribution in [0.4, 0.5) is 0 Å². The van der Waals surface area contributed by atoms with E-state index in [0.717, 1.165) is 12.0 Å². The second kappa shape index (κ2) is 10.0. The van der Waals surface area contributed by atoms with E-state index in [1.165, 1.54) is 0 Å². The molecular weight excluding hydrogens is 448 g/mol. The Labute approximate surface area is 201 Å². The van der Waals surface area contributed by atoms with E-state index in [1.54, 1.807) is 24.3 Å². The van der Waals surface area contributed by atoms with Gasteiger partial charge in [-0.2, -0.15) is 0 Å². The van der Waals surface area contributed by atoms with Gasteiger partial charge in [0.2, 0.25) is 23.1 Å². The van der Waals surface area contributed by atoms with Crippen LogP contribution >= 0.6 is 0 Å². The van der Waals surface area contributed by atoms with Crippen molar-refractivity contribution < 1.29 is 17.6 Å². The van der Waals surface area contributed by atoms with Gasteiger partial charge in [0, 0.05) is 0 Å². The molecule has 1 fully saturated rings. The lowest BCUT2D eigenvalue weighted by Gasteiger charge is -2.45. The third-order valence-corrected chi connectivity index (χ3v) is 15.7. The minimum absolute atomic E-state index is 0.291. The molecular formula is C27H40O4SSi. The molecule has 2 aromatic carbocycles. The maximum atomic E-state index is 14.2. The van der Waals surface area contributed by atoms with Gasteiger partial charge in [0.15, 0.2) is 0 Å². The first kappa shape index (κ1) is 26.1. The first-order chi connectivity index (χ1) is 15.6. The third kappa shape index (κ3) is 4.47. The van der Waals surface area contributed by atoms with Crippen LogP contribution in [0.3, 0.4) is 0 Å². The normalized spacial score (nSPS) is 22.2. The van der Waals surface area contributed by atoms with E-state index in [2.05, 4.69) is 48.5 Å². The summed E-state index contributed by atoms with van der Waals surface area (Å²) in [5.41, 5.74) is 1.93. The molecule has 3 rings (SSSR count). The van der Waals surface area contributed by atoms with Crippen molar-refractivity contribution in [2.75, 3.05) is 0 Å². The Kier molecular flexibility index (Phi) is 7.94. The van der Waals surface area contributed by atoms with Gasteiger partial charge >= 0.3 is 0 Å². The van der Waals surface area contributed by atoms with Crippen molar-refractivity contribution in [1.29, 1.82) is 0 Å². The lowest BCUT2D eigenvalue weighted by molar-refractivity contribution is 0.109. The zero-order chi connectivity index (χ0) is 24.4. The fraction of sp³-hybridized carbons (Fsp3) is 0.556. The van der Waals surface area contributed by atoms with Crippen LogP contribution in [-0.4, -0.2) is 27.8 Å². The van der Waals surface area contributed by atoms with E-state index in [4.69, 9.17) is 9.16 Å². The van der Waals surface area contributed by atoms with Gasteiger partial charge in [-0.1, -0.05) is 103 Å². The molecule has 0 aliphatic carbocycles. The number of benzene rings is 2. The predicted molar refractivity (Wildman–Crippen MR) is 137 cm³/mol. The highest BCUT2D eigenvalue weighted by atomic mass is 32.2. The summed E-state index contributed by atoms with van der Waals surface area (Å²) < 4.78 is 41.9. The van der Waals surface area contributed by atoms with E-state index >= 15 is 0 Å². The Morgan fingerprint density at radius 2 is 1.36 bits per heavy atom. The zero-order valence-electron chi connectivity index (χ0n) is 21.1. The van der Waals surface area contributed by atoms with E-state index < -0.39 is 35.3 Å². The molecule has 0 amide bonds. The summed E-state index contributed by atoms with van der Waals surface area (Å²) in [6.45, 7) is 15.5. The van der Waals surface area contributed by atoms with Crippen LogP contribution in [0.25, 0.3) is 0 Å². The molecule has 1 aliphatic rings. The molecule has 0 radical (unpaired) electrons. The molecule has 2 aromatic rings. The average Bonchev–Trinajstić information content (AvgIpc) is 3.55. The van der Waals surface area contributed by atoms with E-state index in [-0.39, 0.29) is 0 Å². The minimum atomic E-state index is -3.82. The molecule has 1 aliphatic heterocycles. The fourth-order valence-corrected chi connectivity index (χ4v) is 13.5. The summed E-state index contributed by atoms with van der Waals surface area (Å²) in [5, 5.41) is 0. The number of sulfone groups is 1. The van der Waals surface area contributed by atoms with E-state index in [0.29, 0.717) is 27.9 Å². The average molecular weight is 489 g/mol. The zero-order valence-corrected chi connectivity index (χ0v) is 22.9. The molecule has 0 aromatic heterocycles. The SMILES string of the molecule is CCC[C@H](O[Si](C(C)C)(C(C)C)C(C)C)[C@]1(S(=O)(=O)c2ccccc2)O[C@@H]1c1ccccc1. The molecule has 4 nitrogen and oxygen atoms in total. The summed E-state index contributed by atoms with van der Waals surface area (Å²) in [4.78, 5) is -1.12. The standard InChI is InChI=1S/C27H40O4SSi/c1-8-15-25(31-33(20(2)3,21(4)5)22(6)7)27(26(30-27)23-16-11-9-12-17-23)32(28,29)24-18-13-10-14-19-24/h9-14,16-22,25-26H,8,15H2,1-7H3/t25-,26+,27+/m0/s1. The van der Waals surface area contributed by atoms with Crippen LogP contribution < -0.4 is 0 Å². The van der Waals surface area contributed by atoms with Crippen molar-refractivity contribution in [1.82, 2.24) is 0 Å². The van der Waals surface area contributed by atoms with Crippen LogP contribution in [0.15, 0.2) is 65.6 Å². The van der Waals surface area contributed by atoms with Crippen LogP contribution in [0.2, 0.25) is 16.6 Å². The second-order valence-corrected chi connectivity index (χ2v) is 17.7. The summed E-state index contributed by atoms with van der Waals surface area (Å²) >= 11 is 0. The highest BCUT2D eigenvalue weighted by Gasteiger charge is 2.72. The second-order valence-electron chi connectivity index (χ2n) is 10.2. The number of hydrogen-bond acceptors (Lipinski definition) is 4. The van der Waals surface area contributed by atoms with Gasteiger partial charge in [0.25, 0.3) is 0 Å². The van der Waals surface area contributed by atoms with E-state index in [9.17, 15) is 8.42 Å². The molecule has 33 heavy (non-hydrogen) atoms. The molecule has 1 heterocycles. The molecule has 0 N–H and O–H groups in total. The molecule has 0 bridgehead atoms. The molecule has 6 heteroatoms. The maximum absolute atomic E-state index is 14.2. The van der Waals surface area contributed by atoms with Gasteiger partial charge in [-0.05, 0) is 40.7 Å². The molecule has 182 valence electrons. The number of ether oxygens (including phenoxy) is 1. The predicted octanol–water partition coefficient (Wildman–Crippen LogP) is 7.29. The van der Waals surface area contributed by atoms with Crippen molar-refractivity contribution in [2.45, 2.75) is 100.0 Å². The van der Waals surface area contributed by atoms with Crippen molar-refractivity contribution in [3.8, 4) is 0 Å². The molecule has 0 unspecified atom stereocenters. The van der Waals surface area contributed by atoms with Crippen LogP contribution in [0.1, 0.15) is 73.0 Å². The molecule has 1 saturated heterocycles. The largest absolute Gasteiger partial charge is 0.409 e. The highest BCUT2D eigenvalue weighted by Crippen LogP contribution is 2.60. The van der Waals surface area contributed by atoms with Crippen molar-refractivity contribution in [3.63, 3.8) is 0 Å². The third-order valence-electron chi connectivity index (χ3n) is 7.24. The molecule has 3 atom stereocenters. The summed E-state index contributed by atoms with van der Waals surface area (Å²) in [6.07, 6.45) is 0.381. The number of rotatable bonds is 11. The lowest BCUT2D eigenvalue weighted by atomic mass is 10.0. The van der Waals surface area contributed by atoms with Crippen LogP contribution in [0, 0.1) is 0 Å². The topological polar surface area (TPSA) is 55.9 Å². The smallest absolute Gasteiger partial charge is 0.229 e. The highest BCUT2D eigenvalue weighted by molar-refractivity contribution is 7.93. The lowest BCUT2D eigenvalue weighted by Crippen LogP contribution is -2.54. The van der Waals surface area contributed by atoms with Gasteiger partial charge in [-0.15, -0.1) is 0 Å². The monoisotopic (exact) mass is 488 g/mol. The summed E-state index contributed by atoms with van der Waals surface area (Å²) in [6, 6.07) is 18.4. The Bertz CT molecular complexity index is 983. The van der Waals surface area contributed by atoms with Crippen molar-refractivity contribution in [3.05, 3.63) is 66.2 Å². The minimum Gasteiger partial charge on any atom is -0.409 e. The van der Waals surface area contributed by atoms with Crippen LogP contribution in [-0.2, 0) is 19.0 Å². The molecule has 0 saturated carbocycles.